The number of nitrogens with one attached hydrogen (secondary N) is 2. The summed E-state index contributed by atoms with van der Waals surface area (Å²) in [6.07, 6.45) is 5.77. The maximum Gasteiger partial charge on any atom is 0.258 e. The number of nitrogens with zero attached hydrogens (tertiary/aromatic N) is 3. The van der Waals surface area contributed by atoms with Gasteiger partial charge in [0.05, 0.1) is 11.6 Å². The summed E-state index contributed by atoms with van der Waals surface area (Å²) in [5.74, 6) is -0.827. The molecular weight excluding hydrogens is 366 g/mol. The quantitative estimate of drug-likeness (QED) is 0.840. The number of hydrogen-bond donors (Lipinski definition) is 2. The van der Waals surface area contributed by atoms with Crippen molar-refractivity contribution in [3.63, 3.8) is 0 Å². The molecule has 3 unspecified atom stereocenters. The Hall–Kier alpha value is -3.40. The second-order valence-electron chi connectivity index (χ2n) is 7.74. The first-order valence-corrected chi connectivity index (χ1v) is 9.89. The van der Waals surface area contributed by atoms with Crippen LogP contribution in [-0.4, -0.2) is 29.0 Å². The Morgan fingerprint density at radius 3 is 2.79 bits per heavy atom. The van der Waals surface area contributed by atoms with Gasteiger partial charge in [-0.2, -0.15) is 10.2 Å². The summed E-state index contributed by atoms with van der Waals surface area (Å²) in [4.78, 5) is 35.0. The van der Waals surface area contributed by atoms with Crippen LogP contribution in [0.4, 0.5) is 11.8 Å². The Kier molecular flexibility index (Phi) is 5.17. The first-order valence-electron chi connectivity index (χ1n) is 9.89. The maximum atomic E-state index is 13.0. The zero-order valence-corrected chi connectivity index (χ0v) is 16.3. The lowest BCUT2D eigenvalue weighted by atomic mass is 9.83. The summed E-state index contributed by atoms with van der Waals surface area (Å²) >= 11 is 0. The molecule has 1 saturated heterocycles. The van der Waals surface area contributed by atoms with E-state index in [9.17, 15) is 14.9 Å². The lowest BCUT2D eigenvalue weighted by Crippen LogP contribution is -2.40. The topological polar surface area (TPSA) is 102 Å². The molecule has 0 spiro atoms. The van der Waals surface area contributed by atoms with E-state index in [-0.39, 0.29) is 11.4 Å². The van der Waals surface area contributed by atoms with Gasteiger partial charge in [-0.3, -0.25) is 14.6 Å². The van der Waals surface area contributed by atoms with Crippen LogP contribution in [0.1, 0.15) is 36.8 Å². The lowest BCUT2D eigenvalue weighted by Gasteiger charge is -2.32. The number of anilines is 2. The largest absolute Gasteiger partial charge is 0.342 e. The minimum atomic E-state index is -0.980. The van der Waals surface area contributed by atoms with Crippen LogP contribution in [0.2, 0.25) is 0 Å². The molecule has 1 fully saturated rings. The average molecular weight is 389 g/mol. The van der Waals surface area contributed by atoms with Crippen molar-refractivity contribution < 1.29 is 4.79 Å². The van der Waals surface area contributed by atoms with Crippen molar-refractivity contribution in [2.75, 3.05) is 23.3 Å². The van der Waals surface area contributed by atoms with E-state index in [1.54, 1.807) is 6.08 Å². The van der Waals surface area contributed by atoms with Crippen LogP contribution < -0.4 is 15.8 Å². The molecule has 2 aliphatic rings. The fourth-order valence-corrected chi connectivity index (χ4v) is 4.06. The van der Waals surface area contributed by atoms with E-state index < -0.39 is 17.7 Å². The number of aromatic amines is 1. The number of carbonyl (C=O) groups excluding carboxylic acids is 1. The molecule has 0 aliphatic carbocycles. The molecule has 148 valence electrons. The fourth-order valence-electron chi connectivity index (χ4n) is 4.06. The average Bonchev–Trinajstić information content (AvgIpc) is 2.72. The van der Waals surface area contributed by atoms with Crippen LogP contribution in [0, 0.1) is 23.2 Å². The molecular formula is C22H23N5O2. The van der Waals surface area contributed by atoms with E-state index >= 15 is 0 Å². The standard InChI is InChI=1S/C22H23N5O2/c1-14-6-5-11-27(13-14)22-25-19-18(21(29)26-22)16(17(12-23)20(28)24-19)10-9-15-7-3-2-4-8-15/h2-4,7-10,14,16-17H,5-6,11,13H2,1H3,(H2,24,25,26,28,29)/b10-9+. The third-order valence-corrected chi connectivity index (χ3v) is 5.55. The number of H-pyrrole nitrogens is 1. The van der Waals surface area contributed by atoms with Crippen LogP contribution in [-0.2, 0) is 4.79 Å². The van der Waals surface area contributed by atoms with Gasteiger partial charge in [0.15, 0.2) is 0 Å². The molecule has 1 amide bonds. The Bertz CT molecular complexity index is 1040. The predicted molar refractivity (Wildman–Crippen MR) is 111 cm³/mol. The molecule has 2 aliphatic heterocycles. The van der Waals surface area contributed by atoms with Gasteiger partial charge < -0.3 is 10.2 Å². The van der Waals surface area contributed by atoms with Gasteiger partial charge in [0, 0.05) is 19.0 Å². The number of amides is 1. The van der Waals surface area contributed by atoms with Gasteiger partial charge in [-0.25, -0.2) is 0 Å². The molecule has 1 aromatic heterocycles. The number of fused-ring (bicyclic) bond motifs is 1. The molecule has 2 N–H and O–H groups in total. The fraction of sp³-hybridized carbons (Fsp3) is 0.364. The molecule has 7 nitrogen and oxygen atoms in total. The highest BCUT2D eigenvalue weighted by Gasteiger charge is 2.38. The molecule has 2 aromatic rings. The molecule has 1 aromatic carbocycles. The van der Waals surface area contributed by atoms with Crippen LogP contribution in [0.3, 0.4) is 0 Å². The minimum Gasteiger partial charge on any atom is -0.342 e. The van der Waals surface area contributed by atoms with Crippen LogP contribution in [0.25, 0.3) is 6.08 Å². The molecule has 7 heteroatoms. The van der Waals surface area contributed by atoms with E-state index in [2.05, 4.69) is 22.2 Å². The zero-order chi connectivity index (χ0) is 20.4. The van der Waals surface area contributed by atoms with Crippen molar-refractivity contribution in [3.05, 3.63) is 57.9 Å². The smallest absolute Gasteiger partial charge is 0.258 e. The van der Waals surface area contributed by atoms with Crippen molar-refractivity contribution in [1.82, 2.24) is 9.97 Å². The number of allylic oxidation sites excluding steroid dienone is 1. The predicted octanol–water partition coefficient (Wildman–Crippen LogP) is 2.90. The second kappa shape index (κ2) is 7.92. The van der Waals surface area contributed by atoms with Crippen molar-refractivity contribution in [1.29, 1.82) is 5.26 Å². The monoisotopic (exact) mass is 389 g/mol. The highest BCUT2D eigenvalue weighted by molar-refractivity contribution is 5.97. The Morgan fingerprint density at radius 1 is 1.28 bits per heavy atom. The number of hydrogen-bond acceptors (Lipinski definition) is 5. The molecule has 3 heterocycles. The summed E-state index contributed by atoms with van der Waals surface area (Å²) in [5.41, 5.74) is 0.948. The molecule has 0 bridgehead atoms. The lowest BCUT2D eigenvalue weighted by molar-refractivity contribution is -0.119. The van der Waals surface area contributed by atoms with Crippen LogP contribution in [0.15, 0.2) is 41.2 Å². The maximum absolute atomic E-state index is 13.0. The first kappa shape index (κ1) is 18.9. The summed E-state index contributed by atoms with van der Waals surface area (Å²) in [5, 5.41) is 12.2. The van der Waals surface area contributed by atoms with Gasteiger partial charge in [0.25, 0.3) is 5.56 Å². The number of rotatable bonds is 3. The highest BCUT2D eigenvalue weighted by atomic mass is 16.2. The van der Waals surface area contributed by atoms with E-state index in [0.29, 0.717) is 17.4 Å². The first-order chi connectivity index (χ1) is 14.1. The van der Waals surface area contributed by atoms with Crippen molar-refractivity contribution in [2.45, 2.75) is 25.7 Å². The molecule has 3 atom stereocenters. The van der Waals surface area contributed by atoms with E-state index in [1.807, 2.05) is 47.4 Å². The van der Waals surface area contributed by atoms with E-state index in [1.165, 1.54) is 0 Å². The number of benzene rings is 1. The SMILES string of the molecule is CC1CCCN(c2nc3c(c(=O)[nH]2)C(/C=C/c2ccccc2)C(C#N)C(=O)N3)C1. The van der Waals surface area contributed by atoms with Gasteiger partial charge in [0.1, 0.15) is 11.7 Å². The highest BCUT2D eigenvalue weighted by Crippen LogP contribution is 2.35. The Balaban J connectivity index is 1.74. The summed E-state index contributed by atoms with van der Waals surface area (Å²) in [6.45, 7) is 3.80. The Morgan fingerprint density at radius 2 is 2.07 bits per heavy atom. The van der Waals surface area contributed by atoms with Crippen LogP contribution >= 0.6 is 0 Å². The summed E-state index contributed by atoms with van der Waals surface area (Å²) in [7, 11) is 0. The number of piperidine rings is 1. The third-order valence-electron chi connectivity index (χ3n) is 5.55. The molecule has 0 radical (unpaired) electrons. The molecule has 0 saturated carbocycles. The number of nitriles is 1. The van der Waals surface area contributed by atoms with Gasteiger partial charge in [-0.05, 0) is 24.3 Å². The Labute approximate surface area is 169 Å². The molecule has 29 heavy (non-hydrogen) atoms. The van der Waals surface area contributed by atoms with Crippen LogP contribution in [0.5, 0.6) is 0 Å². The third kappa shape index (κ3) is 3.79. The van der Waals surface area contributed by atoms with Crippen molar-refractivity contribution in [3.8, 4) is 6.07 Å². The van der Waals surface area contributed by atoms with Gasteiger partial charge in [-0.1, -0.05) is 49.4 Å². The van der Waals surface area contributed by atoms with Crippen molar-refractivity contribution in [2.24, 2.45) is 11.8 Å². The second-order valence-corrected chi connectivity index (χ2v) is 7.74. The number of aromatic nitrogens is 2. The van der Waals surface area contributed by atoms with E-state index in [0.717, 1.165) is 31.5 Å². The van der Waals surface area contributed by atoms with Gasteiger partial charge in [-0.15, -0.1) is 0 Å². The normalized spacial score (nSPS) is 24.1. The van der Waals surface area contributed by atoms with Crippen molar-refractivity contribution >= 4 is 23.7 Å². The summed E-state index contributed by atoms with van der Waals surface area (Å²) in [6, 6.07) is 11.6. The summed E-state index contributed by atoms with van der Waals surface area (Å²) < 4.78 is 0. The molecule has 4 rings (SSSR count). The van der Waals surface area contributed by atoms with E-state index in [4.69, 9.17) is 0 Å². The zero-order valence-electron chi connectivity index (χ0n) is 16.3. The van der Waals surface area contributed by atoms with Gasteiger partial charge >= 0.3 is 0 Å². The number of carbonyl (C=O) groups is 1. The minimum absolute atomic E-state index is 0.251. The van der Waals surface area contributed by atoms with Gasteiger partial charge in [0.2, 0.25) is 11.9 Å².